The normalized spacial score (nSPS) is 12.5. The van der Waals surface area contributed by atoms with Crippen molar-refractivity contribution >= 4 is 11.9 Å². The second kappa shape index (κ2) is 7.95. The van der Waals surface area contributed by atoms with Crippen molar-refractivity contribution in [2.45, 2.75) is 47.1 Å². The molecule has 0 aromatic rings. The molecule has 0 unspecified atom stereocenters. The molecule has 0 rings (SSSR count). The number of hydrogen-bond acceptors (Lipinski definition) is 3. The van der Waals surface area contributed by atoms with Crippen molar-refractivity contribution in [3.05, 3.63) is 0 Å². The number of guanidine groups is 1. The number of aliphatic imine (C=N–C) groups is 1. The molecule has 0 aliphatic carbocycles. The first-order valence-corrected chi connectivity index (χ1v) is 6.48. The van der Waals surface area contributed by atoms with Crippen molar-refractivity contribution in [3.63, 3.8) is 0 Å². The highest BCUT2D eigenvalue weighted by Gasteiger charge is 2.15. The summed E-state index contributed by atoms with van der Waals surface area (Å²) in [5.41, 5.74) is -0.462. The standard InChI is InChI=1S/C13H27N3O2/c1-7-14-12(15-8-10(2)3)16-9-11(17)18-13(4,5)6/h10H,7-9H2,1-6H3,(H2,14,15,16). The summed E-state index contributed by atoms with van der Waals surface area (Å²) in [4.78, 5) is 15.7. The molecule has 0 heterocycles. The number of rotatable bonds is 5. The lowest BCUT2D eigenvalue weighted by Gasteiger charge is -2.19. The number of hydrogen-bond donors (Lipinski definition) is 2. The zero-order valence-corrected chi connectivity index (χ0v) is 12.5. The van der Waals surface area contributed by atoms with Gasteiger partial charge in [-0.15, -0.1) is 0 Å². The zero-order valence-electron chi connectivity index (χ0n) is 12.5. The van der Waals surface area contributed by atoms with E-state index in [1.807, 2.05) is 27.7 Å². The maximum Gasteiger partial charge on any atom is 0.328 e. The van der Waals surface area contributed by atoms with E-state index in [0.29, 0.717) is 11.9 Å². The molecule has 0 saturated heterocycles. The Hall–Kier alpha value is -1.26. The number of carbonyl (C=O) groups excluding carboxylic acids is 1. The molecular formula is C13H27N3O2. The van der Waals surface area contributed by atoms with E-state index in [-0.39, 0.29) is 12.5 Å². The first kappa shape index (κ1) is 16.7. The second-order valence-electron chi connectivity index (χ2n) is 5.56. The summed E-state index contributed by atoms with van der Waals surface area (Å²) >= 11 is 0. The lowest BCUT2D eigenvalue weighted by Crippen LogP contribution is -2.39. The Morgan fingerprint density at radius 3 is 2.33 bits per heavy atom. The summed E-state index contributed by atoms with van der Waals surface area (Å²) < 4.78 is 5.19. The van der Waals surface area contributed by atoms with Gasteiger partial charge in [-0.05, 0) is 33.6 Å². The van der Waals surface area contributed by atoms with Gasteiger partial charge in [0.15, 0.2) is 5.96 Å². The number of nitrogens with one attached hydrogen (secondary N) is 2. The Kier molecular flexibility index (Phi) is 7.39. The maximum atomic E-state index is 11.5. The van der Waals surface area contributed by atoms with Crippen molar-refractivity contribution in [3.8, 4) is 0 Å². The SMILES string of the molecule is CCNC(=NCC(=O)OC(C)(C)C)NCC(C)C. The Morgan fingerprint density at radius 1 is 1.28 bits per heavy atom. The molecule has 0 aromatic carbocycles. The van der Waals surface area contributed by atoms with Gasteiger partial charge >= 0.3 is 5.97 Å². The van der Waals surface area contributed by atoms with E-state index in [1.54, 1.807) is 0 Å². The van der Waals surface area contributed by atoms with Crippen LogP contribution < -0.4 is 10.6 Å². The van der Waals surface area contributed by atoms with E-state index in [0.717, 1.165) is 13.1 Å². The summed E-state index contributed by atoms with van der Waals surface area (Å²) in [5, 5.41) is 6.26. The van der Waals surface area contributed by atoms with E-state index < -0.39 is 5.60 Å². The van der Waals surface area contributed by atoms with Crippen LogP contribution in [0.5, 0.6) is 0 Å². The molecule has 5 heteroatoms. The van der Waals surface area contributed by atoms with Crippen LogP contribution >= 0.6 is 0 Å². The molecule has 2 N–H and O–H groups in total. The Morgan fingerprint density at radius 2 is 1.89 bits per heavy atom. The molecular weight excluding hydrogens is 230 g/mol. The van der Waals surface area contributed by atoms with Gasteiger partial charge in [-0.1, -0.05) is 13.8 Å². The van der Waals surface area contributed by atoms with Crippen molar-refractivity contribution in [2.75, 3.05) is 19.6 Å². The van der Waals surface area contributed by atoms with Crippen LogP contribution in [0.3, 0.4) is 0 Å². The van der Waals surface area contributed by atoms with Crippen molar-refractivity contribution < 1.29 is 9.53 Å². The van der Waals surface area contributed by atoms with Crippen LogP contribution in [0.2, 0.25) is 0 Å². The highest BCUT2D eigenvalue weighted by atomic mass is 16.6. The molecule has 0 amide bonds. The Bertz CT molecular complexity index is 280. The summed E-state index contributed by atoms with van der Waals surface area (Å²) in [6, 6.07) is 0. The summed E-state index contributed by atoms with van der Waals surface area (Å²) in [5.74, 6) is 0.858. The highest BCUT2D eigenvalue weighted by Crippen LogP contribution is 2.06. The molecule has 0 atom stereocenters. The average Bonchev–Trinajstić information content (AvgIpc) is 2.19. The number of ether oxygens (including phenoxy) is 1. The van der Waals surface area contributed by atoms with Gasteiger partial charge in [0.05, 0.1) is 0 Å². The van der Waals surface area contributed by atoms with Gasteiger partial charge in [-0.2, -0.15) is 0 Å². The quantitative estimate of drug-likeness (QED) is 0.445. The number of esters is 1. The fourth-order valence-electron chi connectivity index (χ4n) is 1.16. The molecule has 5 nitrogen and oxygen atoms in total. The summed E-state index contributed by atoms with van der Waals surface area (Å²) in [6.45, 7) is 13.4. The van der Waals surface area contributed by atoms with Crippen molar-refractivity contribution in [2.24, 2.45) is 10.9 Å². The monoisotopic (exact) mass is 257 g/mol. The van der Waals surface area contributed by atoms with Crippen LogP contribution in [0.4, 0.5) is 0 Å². The molecule has 0 spiro atoms. The largest absolute Gasteiger partial charge is 0.459 e. The van der Waals surface area contributed by atoms with E-state index in [1.165, 1.54) is 0 Å². The minimum atomic E-state index is -0.462. The number of carbonyl (C=O) groups is 1. The Labute approximate surface area is 110 Å². The van der Waals surface area contributed by atoms with Gasteiger partial charge in [0.2, 0.25) is 0 Å². The third kappa shape index (κ3) is 9.93. The minimum absolute atomic E-state index is 0.0324. The van der Waals surface area contributed by atoms with Crippen molar-refractivity contribution in [1.29, 1.82) is 0 Å². The van der Waals surface area contributed by atoms with Gasteiger partial charge in [-0.3, -0.25) is 4.79 Å². The molecule has 0 aliphatic heterocycles. The molecule has 0 aromatic heterocycles. The third-order valence-corrected chi connectivity index (χ3v) is 1.81. The van der Waals surface area contributed by atoms with Crippen LogP contribution in [0, 0.1) is 5.92 Å². The molecule has 0 radical (unpaired) electrons. The maximum absolute atomic E-state index is 11.5. The first-order valence-electron chi connectivity index (χ1n) is 6.48. The predicted molar refractivity (Wildman–Crippen MR) is 74.7 cm³/mol. The van der Waals surface area contributed by atoms with E-state index in [9.17, 15) is 4.79 Å². The van der Waals surface area contributed by atoms with Gasteiger partial charge in [-0.25, -0.2) is 4.99 Å². The van der Waals surface area contributed by atoms with Crippen LogP contribution in [0.25, 0.3) is 0 Å². The predicted octanol–water partition coefficient (Wildman–Crippen LogP) is 1.54. The smallest absolute Gasteiger partial charge is 0.328 e. The Balaban J connectivity index is 4.26. The van der Waals surface area contributed by atoms with E-state index in [2.05, 4.69) is 29.5 Å². The van der Waals surface area contributed by atoms with Gasteiger partial charge in [0.25, 0.3) is 0 Å². The molecule has 0 saturated carbocycles. The van der Waals surface area contributed by atoms with E-state index >= 15 is 0 Å². The second-order valence-corrected chi connectivity index (χ2v) is 5.56. The fourth-order valence-corrected chi connectivity index (χ4v) is 1.16. The van der Waals surface area contributed by atoms with Crippen LogP contribution in [0.15, 0.2) is 4.99 Å². The summed E-state index contributed by atoms with van der Waals surface area (Å²) in [7, 11) is 0. The highest BCUT2D eigenvalue weighted by molar-refractivity contribution is 5.83. The summed E-state index contributed by atoms with van der Waals surface area (Å²) in [6.07, 6.45) is 0. The van der Waals surface area contributed by atoms with Gasteiger partial charge < -0.3 is 15.4 Å². The average molecular weight is 257 g/mol. The topological polar surface area (TPSA) is 62.7 Å². The van der Waals surface area contributed by atoms with E-state index in [4.69, 9.17) is 4.74 Å². The molecule has 0 aliphatic rings. The van der Waals surface area contributed by atoms with Crippen LogP contribution in [-0.2, 0) is 9.53 Å². The van der Waals surface area contributed by atoms with Gasteiger partial charge in [0.1, 0.15) is 12.1 Å². The molecule has 0 fully saturated rings. The molecule has 18 heavy (non-hydrogen) atoms. The lowest BCUT2D eigenvalue weighted by molar-refractivity contribution is -0.152. The molecule has 106 valence electrons. The number of nitrogens with zero attached hydrogens (tertiary/aromatic N) is 1. The van der Waals surface area contributed by atoms with Crippen LogP contribution in [-0.4, -0.2) is 37.2 Å². The van der Waals surface area contributed by atoms with Gasteiger partial charge in [0, 0.05) is 13.1 Å². The zero-order chi connectivity index (χ0) is 14.2. The minimum Gasteiger partial charge on any atom is -0.459 e. The molecule has 0 bridgehead atoms. The first-order chi connectivity index (χ1) is 8.24. The fraction of sp³-hybridized carbons (Fsp3) is 0.846. The third-order valence-electron chi connectivity index (χ3n) is 1.81. The lowest BCUT2D eigenvalue weighted by atomic mass is 10.2. The van der Waals surface area contributed by atoms with Crippen LogP contribution in [0.1, 0.15) is 41.5 Å². The van der Waals surface area contributed by atoms with Crippen molar-refractivity contribution in [1.82, 2.24) is 10.6 Å².